The highest BCUT2D eigenvalue weighted by Gasteiger charge is 2.60. The molecule has 4 fully saturated rings. The first-order chi connectivity index (χ1) is 26.3. The molecule has 9 atom stereocenters. The molecule has 4 aliphatic rings. The Morgan fingerprint density at radius 3 is 2.15 bits per heavy atom. The zero-order valence-corrected chi connectivity index (χ0v) is 33.9. The summed E-state index contributed by atoms with van der Waals surface area (Å²) < 4.78 is 12.1. The molecule has 3 aromatic carbocycles. The van der Waals surface area contributed by atoms with E-state index in [1.165, 1.54) is 82.8 Å². The molecule has 0 heterocycles. The minimum absolute atomic E-state index is 0.135. The molecule has 0 aliphatic heterocycles. The van der Waals surface area contributed by atoms with Gasteiger partial charge in [0.05, 0.1) is 11.7 Å². The van der Waals surface area contributed by atoms with Crippen molar-refractivity contribution in [1.82, 2.24) is 0 Å². The Hall–Kier alpha value is -4.06. The van der Waals surface area contributed by atoms with Gasteiger partial charge in [-0.2, -0.15) is 0 Å². The SMILES string of the molecule is CC(C)CCC[C@@H](C)[C@H]1CC[C@H]2[C@@H]3CCC4CC(Oc5ccc(C=CC(=O)c6ccc(OC(=O)c7cc(N)cc(N)c7)cc6)cc5)CC[C@]4(C)[C@H]3CC[C@]12C. The molecule has 55 heavy (non-hydrogen) atoms. The molecule has 4 saturated carbocycles. The number of benzene rings is 3. The van der Waals surface area contributed by atoms with Gasteiger partial charge in [-0.3, -0.25) is 4.79 Å². The van der Waals surface area contributed by atoms with Crippen LogP contribution in [0.25, 0.3) is 6.08 Å². The Bertz CT molecular complexity index is 1830. The standard InChI is InChI=1S/C49H64N2O4/c1-31(2)7-6-8-32(3)43-20-21-44-42-19-14-36-29-41(23-25-48(36,4)45(42)24-26-49(43,44)5)54-39-15-9-33(10-16-39)11-22-46(52)34-12-17-40(18-13-34)55-47(53)35-27-37(50)30-38(51)28-35/h9-13,15-18,22,27-28,30-32,36,41-45H,6-8,14,19-21,23-26,29,50-51H2,1-5H3/t32-,36?,41?,42+,43-,44+,45+,48+,49-/m1/s1. The van der Waals surface area contributed by atoms with Crippen molar-refractivity contribution in [2.45, 2.75) is 118 Å². The van der Waals surface area contributed by atoms with Gasteiger partial charge < -0.3 is 20.9 Å². The summed E-state index contributed by atoms with van der Waals surface area (Å²) in [4.78, 5) is 25.4. The van der Waals surface area contributed by atoms with E-state index in [-0.39, 0.29) is 17.5 Å². The number of hydrogen-bond donors (Lipinski definition) is 2. The van der Waals surface area contributed by atoms with Crippen LogP contribution in [0, 0.1) is 52.3 Å². The number of hydrogen-bond acceptors (Lipinski definition) is 6. The fourth-order valence-electron chi connectivity index (χ4n) is 12.1. The largest absolute Gasteiger partial charge is 0.490 e. The molecule has 0 amide bonds. The Kier molecular flexibility index (Phi) is 11.5. The lowest BCUT2D eigenvalue weighted by atomic mass is 9.44. The molecular weight excluding hydrogens is 681 g/mol. The maximum atomic E-state index is 12.9. The van der Waals surface area contributed by atoms with Crippen LogP contribution in [-0.2, 0) is 0 Å². The van der Waals surface area contributed by atoms with Crippen LogP contribution in [0.4, 0.5) is 11.4 Å². The lowest BCUT2D eigenvalue weighted by Gasteiger charge is -2.61. The van der Waals surface area contributed by atoms with Crippen LogP contribution in [0.5, 0.6) is 11.5 Å². The Morgan fingerprint density at radius 1 is 0.764 bits per heavy atom. The third-order valence-corrected chi connectivity index (χ3v) is 15.0. The highest BCUT2D eigenvalue weighted by Crippen LogP contribution is 2.68. The van der Waals surface area contributed by atoms with E-state index in [2.05, 4.69) is 34.6 Å². The number of fused-ring (bicyclic) bond motifs is 5. The predicted molar refractivity (Wildman–Crippen MR) is 224 cm³/mol. The third-order valence-electron chi connectivity index (χ3n) is 15.0. The second-order valence-electron chi connectivity index (χ2n) is 18.8. The van der Waals surface area contributed by atoms with Crippen molar-refractivity contribution in [2.75, 3.05) is 11.5 Å². The number of esters is 1. The minimum atomic E-state index is -0.568. The number of ketones is 1. The van der Waals surface area contributed by atoms with E-state index in [0.717, 1.165) is 59.2 Å². The lowest BCUT2D eigenvalue weighted by molar-refractivity contribution is -0.126. The van der Waals surface area contributed by atoms with Crippen molar-refractivity contribution in [1.29, 1.82) is 0 Å². The summed E-state index contributed by atoms with van der Waals surface area (Å²) >= 11 is 0. The zero-order valence-electron chi connectivity index (χ0n) is 33.9. The molecular formula is C49H64N2O4. The van der Waals surface area contributed by atoms with Crippen molar-refractivity contribution in [3.05, 3.63) is 89.5 Å². The fourth-order valence-corrected chi connectivity index (χ4v) is 12.1. The molecule has 6 nitrogen and oxygen atoms in total. The molecule has 3 aromatic rings. The predicted octanol–water partition coefficient (Wildman–Crippen LogP) is 11.8. The summed E-state index contributed by atoms with van der Waals surface area (Å²) in [6.07, 6.45) is 20.0. The van der Waals surface area contributed by atoms with Gasteiger partial charge >= 0.3 is 5.97 Å². The van der Waals surface area contributed by atoms with Gasteiger partial charge in [0, 0.05) is 16.9 Å². The first kappa shape index (κ1) is 39.2. The number of allylic oxidation sites excluding steroid dienone is 1. The number of carbonyl (C=O) groups is 2. The second-order valence-corrected chi connectivity index (χ2v) is 18.8. The summed E-state index contributed by atoms with van der Waals surface area (Å²) in [6, 6.07) is 19.2. The summed E-state index contributed by atoms with van der Waals surface area (Å²) in [5.41, 5.74) is 15.1. The van der Waals surface area contributed by atoms with Gasteiger partial charge in [-0.1, -0.05) is 72.1 Å². The van der Waals surface area contributed by atoms with Gasteiger partial charge in [0.2, 0.25) is 0 Å². The highest BCUT2D eigenvalue weighted by atomic mass is 16.5. The molecule has 4 N–H and O–H groups in total. The van der Waals surface area contributed by atoms with Gasteiger partial charge in [0.25, 0.3) is 0 Å². The summed E-state index contributed by atoms with van der Waals surface area (Å²) in [5.74, 6) is 6.62. The first-order valence-electron chi connectivity index (χ1n) is 21.3. The second kappa shape index (κ2) is 16.2. The number of nitrogens with two attached hydrogens (primary N) is 2. The van der Waals surface area contributed by atoms with Crippen LogP contribution in [0.2, 0.25) is 0 Å². The van der Waals surface area contributed by atoms with Gasteiger partial charge in [0.1, 0.15) is 11.5 Å². The molecule has 2 unspecified atom stereocenters. The number of ether oxygens (including phenoxy) is 2. The number of nitrogen functional groups attached to an aromatic ring is 2. The van der Waals surface area contributed by atoms with E-state index < -0.39 is 5.97 Å². The Morgan fingerprint density at radius 2 is 1.44 bits per heavy atom. The average Bonchev–Trinajstić information content (AvgIpc) is 3.51. The molecule has 0 radical (unpaired) electrons. The van der Waals surface area contributed by atoms with Crippen LogP contribution in [0.15, 0.2) is 72.8 Å². The van der Waals surface area contributed by atoms with E-state index >= 15 is 0 Å². The summed E-state index contributed by atoms with van der Waals surface area (Å²) in [6.45, 7) is 12.7. The zero-order chi connectivity index (χ0) is 38.9. The average molecular weight is 745 g/mol. The molecule has 6 heteroatoms. The quantitative estimate of drug-likeness (QED) is 0.0629. The lowest BCUT2D eigenvalue weighted by Crippen LogP contribution is -2.54. The minimum Gasteiger partial charge on any atom is -0.490 e. The maximum Gasteiger partial charge on any atom is 0.343 e. The smallest absolute Gasteiger partial charge is 0.343 e. The first-order valence-corrected chi connectivity index (χ1v) is 21.3. The molecule has 0 aromatic heterocycles. The summed E-state index contributed by atoms with van der Waals surface area (Å²) in [7, 11) is 0. The number of anilines is 2. The molecule has 0 saturated heterocycles. The van der Waals surface area contributed by atoms with E-state index in [0.29, 0.717) is 33.5 Å². The third kappa shape index (κ3) is 8.39. The summed E-state index contributed by atoms with van der Waals surface area (Å²) in [5, 5.41) is 0. The number of rotatable bonds is 12. The highest BCUT2D eigenvalue weighted by molar-refractivity contribution is 6.07. The molecule has 4 aliphatic carbocycles. The van der Waals surface area contributed by atoms with Crippen LogP contribution in [0.1, 0.15) is 138 Å². The van der Waals surface area contributed by atoms with Crippen molar-refractivity contribution in [3.63, 3.8) is 0 Å². The fraction of sp³-hybridized carbons (Fsp3) is 0.551. The van der Waals surface area contributed by atoms with E-state index in [9.17, 15) is 9.59 Å². The van der Waals surface area contributed by atoms with Crippen LogP contribution in [-0.4, -0.2) is 17.9 Å². The molecule has 0 bridgehead atoms. The normalized spacial score (nSPS) is 30.7. The van der Waals surface area contributed by atoms with E-state index in [4.69, 9.17) is 20.9 Å². The van der Waals surface area contributed by atoms with E-state index in [1.807, 2.05) is 30.3 Å². The monoisotopic (exact) mass is 744 g/mol. The van der Waals surface area contributed by atoms with Gasteiger partial charge in [-0.15, -0.1) is 0 Å². The van der Waals surface area contributed by atoms with Crippen LogP contribution in [0.3, 0.4) is 0 Å². The van der Waals surface area contributed by atoms with Crippen LogP contribution < -0.4 is 20.9 Å². The van der Waals surface area contributed by atoms with Crippen molar-refractivity contribution >= 4 is 29.2 Å². The van der Waals surface area contributed by atoms with Gasteiger partial charge in [-0.25, -0.2) is 4.79 Å². The Labute approximate surface area is 329 Å². The number of carbonyl (C=O) groups excluding carboxylic acids is 2. The Balaban J connectivity index is 0.894. The molecule has 0 spiro atoms. The topological polar surface area (TPSA) is 105 Å². The van der Waals surface area contributed by atoms with E-state index in [1.54, 1.807) is 36.4 Å². The van der Waals surface area contributed by atoms with Crippen molar-refractivity contribution < 1.29 is 19.1 Å². The van der Waals surface area contributed by atoms with Crippen molar-refractivity contribution in [2.24, 2.45) is 52.3 Å². The van der Waals surface area contributed by atoms with Gasteiger partial charge in [-0.05, 0) is 176 Å². The van der Waals surface area contributed by atoms with Crippen molar-refractivity contribution in [3.8, 4) is 11.5 Å². The maximum absolute atomic E-state index is 12.9. The molecule has 294 valence electrons. The van der Waals surface area contributed by atoms with Gasteiger partial charge in [0.15, 0.2) is 5.78 Å². The molecule has 7 rings (SSSR count). The van der Waals surface area contributed by atoms with Crippen LogP contribution >= 0.6 is 0 Å².